The van der Waals surface area contributed by atoms with Gasteiger partial charge in [-0.3, -0.25) is 4.90 Å². The van der Waals surface area contributed by atoms with Crippen molar-refractivity contribution in [3.8, 4) is 5.75 Å². The van der Waals surface area contributed by atoms with Crippen LogP contribution < -0.4 is 9.80 Å². The minimum absolute atomic E-state index is 0.0157. The molecule has 1 N–H and O–H groups in total. The zero-order chi connectivity index (χ0) is 16.1. The Labute approximate surface area is 140 Å². The van der Waals surface area contributed by atoms with Crippen LogP contribution in [0.25, 0.3) is 0 Å². The Balaban J connectivity index is 1.62. The summed E-state index contributed by atoms with van der Waals surface area (Å²) in [6.45, 7) is 4.78. The maximum atomic E-state index is 12.8. The van der Waals surface area contributed by atoms with E-state index in [0.29, 0.717) is 22.3 Å². The summed E-state index contributed by atoms with van der Waals surface area (Å²) in [5.41, 5.74) is 1.27. The first-order valence-electron chi connectivity index (χ1n) is 8.33. The van der Waals surface area contributed by atoms with E-state index < -0.39 is 5.91 Å². The molecule has 1 amide bonds. The van der Waals surface area contributed by atoms with Crippen molar-refractivity contribution in [2.75, 3.05) is 19.6 Å². The number of benzene rings is 1. The first-order valence-corrected chi connectivity index (χ1v) is 8.70. The number of nitrogens with one attached hydrogen (secondary N) is 1. The lowest BCUT2D eigenvalue weighted by atomic mass is 9.83. The molecule has 1 aromatic carbocycles. The molecular weight excluding hydrogens is 316 g/mol. The van der Waals surface area contributed by atoms with Gasteiger partial charge in [0.15, 0.2) is 0 Å². The minimum atomic E-state index is -0.434. The molecule has 0 spiro atoms. The summed E-state index contributed by atoms with van der Waals surface area (Å²) in [6, 6.07) is 3.24. The molecule has 5 nitrogen and oxygen atoms in total. The Hall–Kier alpha value is -1.14. The van der Waals surface area contributed by atoms with Gasteiger partial charge >= 0.3 is 5.91 Å². The zero-order valence-electron chi connectivity index (χ0n) is 13.2. The highest BCUT2D eigenvalue weighted by Gasteiger charge is 2.41. The van der Waals surface area contributed by atoms with Crippen LogP contribution in [0.5, 0.6) is 5.75 Å². The Bertz CT molecular complexity index is 643. The van der Waals surface area contributed by atoms with Gasteiger partial charge in [0.25, 0.3) is 0 Å². The maximum Gasteiger partial charge on any atom is 0.348 e. The number of amides is 1. The molecule has 124 valence electrons. The Morgan fingerprint density at radius 2 is 2.13 bits per heavy atom. The number of ether oxygens (including phenoxy) is 1. The molecule has 3 saturated heterocycles. The second-order valence-corrected chi connectivity index (χ2v) is 7.45. The van der Waals surface area contributed by atoms with Crippen LogP contribution in [0.15, 0.2) is 12.1 Å². The fourth-order valence-corrected chi connectivity index (χ4v) is 4.47. The first-order chi connectivity index (χ1) is 11.0. The van der Waals surface area contributed by atoms with Crippen molar-refractivity contribution in [3.05, 3.63) is 33.5 Å². The Morgan fingerprint density at radius 3 is 2.78 bits per heavy atom. The van der Waals surface area contributed by atoms with Crippen molar-refractivity contribution in [1.82, 2.24) is 4.90 Å². The topological polar surface area (TPSA) is 57.0 Å². The van der Waals surface area contributed by atoms with E-state index in [4.69, 9.17) is 16.3 Å². The van der Waals surface area contributed by atoms with Crippen LogP contribution in [-0.2, 0) is 6.42 Å². The SMILES string of the molecule is CC1Cc2cc(Cl)cc(C(=O)[NH+]([O-])C3CN4CCC3CC4)c2O1. The third-order valence-electron chi connectivity index (χ3n) is 5.42. The predicted molar refractivity (Wildman–Crippen MR) is 86.9 cm³/mol. The molecule has 4 aliphatic heterocycles. The van der Waals surface area contributed by atoms with Crippen molar-refractivity contribution in [2.45, 2.75) is 38.3 Å². The number of fused-ring (bicyclic) bond motifs is 4. The summed E-state index contributed by atoms with van der Waals surface area (Å²) in [5.74, 6) is 0.474. The smallest absolute Gasteiger partial charge is 0.348 e. The van der Waals surface area contributed by atoms with Gasteiger partial charge in [-0.25, -0.2) is 4.79 Å². The number of carbonyl (C=O) groups is 1. The number of hydrogen-bond donors (Lipinski definition) is 1. The van der Waals surface area contributed by atoms with Gasteiger partial charge in [0, 0.05) is 22.9 Å². The monoisotopic (exact) mass is 336 g/mol. The lowest BCUT2D eigenvalue weighted by Crippen LogP contribution is -3.16. The summed E-state index contributed by atoms with van der Waals surface area (Å²) in [4.78, 5) is 15.1. The average Bonchev–Trinajstić information content (AvgIpc) is 2.93. The van der Waals surface area contributed by atoms with Crippen LogP contribution >= 0.6 is 11.6 Å². The van der Waals surface area contributed by atoms with E-state index in [9.17, 15) is 10.0 Å². The predicted octanol–water partition coefficient (Wildman–Crippen LogP) is 1.28. The molecule has 3 unspecified atom stereocenters. The lowest BCUT2D eigenvalue weighted by molar-refractivity contribution is -0.796. The van der Waals surface area contributed by atoms with E-state index in [2.05, 4.69) is 4.90 Å². The standard InChI is InChI=1S/C17H21ClN2O3/c1-10-6-12-7-13(18)8-14(16(12)23-10)17(21)20(22)15-9-19-4-2-11(15)3-5-19/h7-8,10-11,15,20H,2-6,9H2,1H3. The van der Waals surface area contributed by atoms with Crippen LogP contribution in [0.1, 0.15) is 35.7 Å². The third kappa shape index (κ3) is 2.66. The zero-order valence-corrected chi connectivity index (χ0v) is 13.9. The first kappa shape index (κ1) is 15.4. The fourth-order valence-electron chi connectivity index (χ4n) is 4.23. The molecule has 0 radical (unpaired) electrons. The molecule has 4 heterocycles. The fraction of sp³-hybridized carbons (Fsp3) is 0.588. The van der Waals surface area contributed by atoms with Gasteiger partial charge in [-0.2, -0.15) is 0 Å². The van der Waals surface area contributed by atoms with Crippen LogP contribution in [0.4, 0.5) is 0 Å². The number of hydroxylamine groups is 2. The molecule has 1 aromatic rings. The molecule has 23 heavy (non-hydrogen) atoms. The van der Waals surface area contributed by atoms with Crippen molar-refractivity contribution >= 4 is 17.5 Å². The minimum Gasteiger partial charge on any atom is -0.626 e. The van der Waals surface area contributed by atoms with E-state index in [-0.39, 0.29) is 17.2 Å². The lowest BCUT2D eigenvalue weighted by Gasteiger charge is -2.47. The van der Waals surface area contributed by atoms with E-state index in [1.807, 2.05) is 13.0 Å². The number of carbonyl (C=O) groups excluding carboxylic acids is 1. The van der Waals surface area contributed by atoms with E-state index in [1.54, 1.807) is 6.07 Å². The number of quaternary nitrogens is 1. The van der Waals surface area contributed by atoms with Crippen LogP contribution in [0.2, 0.25) is 5.02 Å². The molecule has 6 heteroatoms. The highest BCUT2D eigenvalue weighted by molar-refractivity contribution is 6.31. The number of hydrogen-bond acceptors (Lipinski definition) is 4. The van der Waals surface area contributed by atoms with Crippen LogP contribution in [-0.4, -0.2) is 42.6 Å². The molecule has 0 aliphatic carbocycles. The highest BCUT2D eigenvalue weighted by atomic mass is 35.5. The van der Waals surface area contributed by atoms with Crippen LogP contribution in [0.3, 0.4) is 0 Å². The Kier molecular flexibility index (Phi) is 3.84. The molecule has 0 saturated carbocycles. The van der Waals surface area contributed by atoms with E-state index in [1.165, 1.54) is 0 Å². The van der Waals surface area contributed by atoms with Crippen molar-refractivity contribution in [3.63, 3.8) is 0 Å². The second-order valence-electron chi connectivity index (χ2n) is 7.01. The van der Waals surface area contributed by atoms with E-state index in [0.717, 1.165) is 44.5 Å². The van der Waals surface area contributed by atoms with Crippen molar-refractivity contribution in [1.29, 1.82) is 0 Å². The molecule has 0 aromatic heterocycles. The quantitative estimate of drug-likeness (QED) is 0.827. The van der Waals surface area contributed by atoms with Gasteiger partial charge in [-0.05, 0) is 45.0 Å². The number of nitrogens with zero attached hydrogens (tertiary/aromatic N) is 1. The normalized spacial score (nSPS) is 33.2. The molecule has 2 bridgehead atoms. The molecule has 4 aliphatic rings. The summed E-state index contributed by atoms with van der Waals surface area (Å²) in [5, 5.41) is 13.0. The number of piperidine rings is 3. The van der Waals surface area contributed by atoms with Gasteiger partial charge in [-0.1, -0.05) is 11.6 Å². The van der Waals surface area contributed by atoms with Gasteiger partial charge in [0.1, 0.15) is 23.5 Å². The second kappa shape index (κ2) is 5.74. The largest absolute Gasteiger partial charge is 0.626 e. The maximum absolute atomic E-state index is 12.8. The van der Waals surface area contributed by atoms with Crippen molar-refractivity contribution < 1.29 is 14.6 Å². The molecule has 5 rings (SSSR count). The van der Waals surface area contributed by atoms with Gasteiger partial charge in [0.05, 0.1) is 6.54 Å². The van der Waals surface area contributed by atoms with Gasteiger partial charge in [-0.15, -0.1) is 0 Å². The average molecular weight is 337 g/mol. The summed E-state index contributed by atoms with van der Waals surface area (Å²) in [7, 11) is 0. The molecule has 3 atom stereocenters. The molecule has 3 fully saturated rings. The highest BCUT2D eigenvalue weighted by Crippen LogP contribution is 2.35. The van der Waals surface area contributed by atoms with Crippen molar-refractivity contribution in [2.24, 2.45) is 5.92 Å². The van der Waals surface area contributed by atoms with Gasteiger partial charge in [0.2, 0.25) is 0 Å². The summed E-state index contributed by atoms with van der Waals surface area (Å²) in [6.07, 6.45) is 2.78. The summed E-state index contributed by atoms with van der Waals surface area (Å²) >= 11 is 6.15. The third-order valence-corrected chi connectivity index (χ3v) is 5.64. The van der Waals surface area contributed by atoms with E-state index >= 15 is 0 Å². The van der Waals surface area contributed by atoms with Crippen LogP contribution in [0, 0.1) is 11.1 Å². The Morgan fingerprint density at radius 1 is 1.39 bits per heavy atom. The summed E-state index contributed by atoms with van der Waals surface area (Å²) < 4.78 is 5.77. The number of halogens is 1. The van der Waals surface area contributed by atoms with Gasteiger partial charge < -0.3 is 15.0 Å². The number of rotatable bonds is 2. The molecular formula is C17H21ClN2O3.